The molecule has 0 saturated carbocycles. The van der Waals surface area contributed by atoms with Crippen molar-refractivity contribution in [2.24, 2.45) is 5.92 Å². The summed E-state index contributed by atoms with van der Waals surface area (Å²) in [5.74, 6) is -0.932. The van der Waals surface area contributed by atoms with Gasteiger partial charge in [-0.05, 0) is 41.6 Å². The first-order valence-corrected chi connectivity index (χ1v) is 10.4. The third-order valence-electron chi connectivity index (χ3n) is 5.77. The molecular formula is C24H28N4O2. The number of rotatable bonds is 5. The van der Waals surface area contributed by atoms with Gasteiger partial charge in [0.25, 0.3) is 0 Å². The summed E-state index contributed by atoms with van der Waals surface area (Å²) in [7, 11) is 0. The number of likely N-dealkylation sites (tertiary alicyclic amines) is 1. The predicted octanol–water partition coefficient (Wildman–Crippen LogP) is 4.14. The van der Waals surface area contributed by atoms with Gasteiger partial charge in [-0.3, -0.25) is 9.69 Å². The van der Waals surface area contributed by atoms with E-state index in [1.165, 1.54) is 11.1 Å². The van der Waals surface area contributed by atoms with E-state index in [1.54, 1.807) is 4.68 Å². The summed E-state index contributed by atoms with van der Waals surface area (Å²) in [4.78, 5) is 13.3. The zero-order chi connectivity index (χ0) is 21.3. The Bertz CT molecular complexity index is 1020. The third kappa shape index (κ3) is 4.44. The highest BCUT2D eigenvalue weighted by Crippen LogP contribution is 2.25. The lowest BCUT2D eigenvalue weighted by atomic mass is 9.86. The zero-order valence-electron chi connectivity index (χ0n) is 17.7. The zero-order valence-corrected chi connectivity index (χ0v) is 17.7. The Labute approximate surface area is 177 Å². The van der Waals surface area contributed by atoms with Crippen LogP contribution in [0.15, 0.2) is 54.7 Å². The minimum Gasteiger partial charge on any atom is -0.481 e. The van der Waals surface area contributed by atoms with Crippen molar-refractivity contribution in [3.8, 4) is 16.9 Å². The van der Waals surface area contributed by atoms with Gasteiger partial charge >= 0.3 is 5.97 Å². The number of carboxylic acid groups (broad SMARTS) is 1. The van der Waals surface area contributed by atoms with Crippen LogP contribution >= 0.6 is 0 Å². The van der Waals surface area contributed by atoms with Crippen LogP contribution < -0.4 is 0 Å². The number of carbonyl (C=O) groups is 1. The van der Waals surface area contributed by atoms with E-state index in [9.17, 15) is 4.79 Å². The third-order valence-corrected chi connectivity index (χ3v) is 5.77. The molecule has 1 aromatic heterocycles. The van der Waals surface area contributed by atoms with Crippen molar-refractivity contribution < 1.29 is 9.90 Å². The summed E-state index contributed by atoms with van der Waals surface area (Å²) in [5, 5.41) is 17.8. The largest absolute Gasteiger partial charge is 0.481 e. The Morgan fingerprint density at radius 1 is 1.10 bits per heavy atom. The van der Waals surface area contributed by atoms with E-state index < -0.39 is 5.97 Å². The second-order valence-electron chi connectivity index (χ2n) is 9.10. The van der Waals surface area contributed by atoms with E-state index in [0.29, 0.717) is 6.54 Å². The molecule has 2 aromatic carbocycles. The lowest BCUT2D eigenvalue weighted by Crippen LogP contribution is -2.22. The molecule has 4 rings (SSSR count). The van der Waals surface area contributed by atoms with E-state index in [2.05, 4.69) is 72.4 Å². The van der Waals surface area contributed by atoms with Gasteiger partial charge in [-0.2, -0.15) is 0 Å². The number of aliphatic carboxylic acids is 1. The number of carboxylic acids is 1. The Morgan fingerprint density at radius 2 is 1.80 bits per heavy atom. The molecule has 6 nitrogen and oxygen atoms in total. The van der Waals surface area contributed by atoms with Gasteiger partial charge in [-0.1, -0.05) is 62.4 Å². The maximum Gasteiger partial charge on any atom is 0.307 e. The van der Waals surface area contributed by atoms with E-state index in [1.807, 2.05) is 18.3 Å². The first-order chi connectivity index (χ1) is 14.3. The van der Waals surface area contributed by atoms with Gasteiger partial charge in [0.05, 0.1) is 17.8 Å². The summed E-state index contributed by atoms with van der Waals surface area (Å²) < 4.78 is 1.78. The number of nitrogens with zero attached hydrogens (tertiary/aromatic N) is 4. The molecule has 0 bridgehead atoms. The van der Waals surface area contributed by atoms with Crippen LogP contribution in [0.25, 0.3) is 16.9 Å². The summed E-state index contributed by atoms with van der Waals surface area (Å²) >= 11 is 0. The standard InChI is InChI=1S/C24H28N4O2/c1-24(2,3)20-8-6-18(7-9-20)22-16-28(26-25-22)21-10-4-17(5-11-21)14-27-13-12-19(15-27)23(29)30/h4-11,16,19H,12-15H2,1-3H3,(H,29,30). The molecule has 156 valence electrons. The van der Waals surface area contributed by atoms with Crippen LogP contribution in [0.4, 0.5) is 0 Å². The maximum absolute atomic E-state index is 11.1. The van der Waals surface area contributed by atoms with Gasteiger partial charge in [0.1, 0.15) is 5.69 Å². The van der Waals surface area contributed by atoms with Crippen molar-refractivity contribution in [2.45, 2.75) is 39.2 Å². The second-order valence-corrected chi connectivity index (χ2v) is 9.10. The lowest BCUT2D eigenvalue weighted by Gasteiger charge is -2.18. The van der Waals surface area contributed by atoms with E-state index in [4.69, 9.17) is 5.11 Å². The summed E-state index contributed by atoms with van der Waals surface area (Å²) in [6, 6.07) is 16.7. The molecule has 1 fully saturated rings. The van der Waals surface area contributed by atoms with Gasteiger partial charge in [-0.25, -0.2) is 4.68 Å². The molecule has 2 heterocycles. The van der Waals surface area contributed by atoms with Crippen molar-refractivity contribution >= 4 is 5.97 Å². The summed E-state index contributed by atoms with van der Waals surface area (Å²) in [5.41, 5.74) is 5.43. The molecule has 6 heteroatoms. The molecule has 1 aliphatic rings. The van der Waals surface area contributed by atoms with Crippen LogP contribution in [0.1, 0.15) is 38.3 Å². The molecule has 0 aliphatic carbocycles. The smallest absolute Gasteiger partial charge is 0.307 e. The average Bonchev–Trinajstić information content (AvgIpc) is 3.38. The van der Waals surface area contributed by atoms with Gasteiger partial charge in [0.15, 0.2) is 0 Å². The van der Waals surface area contributed by atoms with E-state index in [0.717, 1.165) is 36.5 Å². The molecule has 30 heavy (non-hydrogen) atoms. The van der Waals surface area contributed by atoms with E-state index >= 15 is 0 Å². The second kappa shape index (κ2) is 8.03. The van der Waals surface area contributed by atoms with Crippen molar-refractivity contribution in [3.05, 3.63) is 65.9 Å². The average molecular weight is 405 g/mol. The topological polar surface area (TPSA) is 71.2 Å². The molecular weight excluding hydrogens is 376 g/mol. The molecule has 1 aliphatic heterocycles. The fourth-order valence-electron chi connectivity index (χ4n) is 3.85. The molecule has 0 radical (unpaired) electrons. The first kappa shape index (κ1) is 20.3. The molecule has 1 atom stereocenters. The van der Waals surface area contributed by atoms with Crippen molar-refractivity contribution in [1.82, 2.24) is 19.9 Å². The van der Waals surface area contributed by atoms with Crippen LogP contribution in [0.5, 0.6) is 0 Å². The predicted molar refractivity (Wildman–Crippen MR) is 117 cm³/mol. The Hall–Kier alpha value is -2.99. The summed E-state index contributed by atoms with van der Waals surface area (Å²) in [6.45, 7) is 8.84. The quantitative estimate of drug-likeness (QED) is 0.692. The summed E-state index contributed by atoms with van der Waals surface area (Å²) in [6.07, 6.45) is 2.67. The molecule has 1 N–H and O–H groups in total. The van der Waals surface area contributed by atoms with E-state index in [-0.39, 0.29) is 11.3 Å². The van der Waals surface area contributed by atoms with Gasteiger partial charge in [0.2, 0.25) is 0 Å². The van der Waals surface area contributed by atoms with Crippen LogP contribution in [0.2, 0.25) is 0 Å². The molecule has 1 unspecified atom stereocenters. The maximum atomic E-state index is 11.1. The van der Waals surface area contributed by atoms with Crippen LogP contribution in [-0.2, 0) is 16.8 Å². The number of aromatic nitrogens is 3. The Kier molecular flexibility index (Phi) is 5.43. The first-order valence-electron chi connectivity index (χ1n) is 10.4. The highest BCUT2D eigenvalue weighted by molar-refractivity contribution is 5.70. The van der Waals surface area contributed by atoms with Crippen molar-refractivity contribution in [1.29, 1.82) is 0 Å². The van der Waals surface area contributed by atoms with Crippen LogP contribution in [-0.4, -0.2) is 44.1 Å². The highest BCUT2D eigenvalue weighted by Gasteiger charge is 2.27. The lowest BCUT2D eigenvalue weighted by molar-refractivity contribution is -0.141. The van der Waals surface area contributed by atoms with Gasteiger partial charge < -0.3 is 5.11 Å². The number of benzene rings is 2. The number of hydrogen-bond donors (Lipinski definition) is 1. The highest BCUT2D eigenvalue weighted by atomic mass is 16.4. The fourth-order valence-corrected chi connectivity index (χ4v) is 3.85. The Balaban J connectivity index is 1.43. The monoisotopic (exact) mass is 404 g/mol. The van der Waals surface area contributed by atoms with Crippen molar-refractivity contribution in [3.63, 3.8) is 0 Å². The molecule has 3 aromatic rings. The van der Waals surface area contributed by atoms with Gasteiger partial charge in [-0.15, -0.1) is 5.10 Å². The van der Waals surface area contributed by atoms with Crippen LogP contribution in [0, 0.1) is 5.92 Å². The van der Waals surface area contributed by atoms with Crippen molar-refractivity contribution in [2.75, 3.05) is 13.1 Å². The normalized spacial score (nSPS) is 17.4. The fraction of sp³-hybridized carbons (Fsp3) is 0.375. The Morgan fingerprint density at radius 3 is 2.40 bits per heavy atom. The number of hydrogen-bond acceptors (Lipinski definition) is 4. The van der Waals surface area contributed by atoms with Gasteiger partial charge in [0, 0.05) is 18.7 Å². The molecule has 0 amide bonds. The molecule has 1 saturated heterocycles. The minimum absolute atomic E-state index is 0.126. The van der Waals surface area contributed by atoms with Crippen LogP contribution in [0.3, 0.4) is 0 Å². The minimum atomic E-state index is -0.692. The SMILES string of the molecule is CC(C)(C)c1ccc(-c2cn(-c3ccc(CN4CCC(C(=O)O)C4)cc3)nn2)cc1. The molecule has 0 spiro atoms.